The van der Waals surface area contributed by atoms with Crippen molar-refractivity contribution in [3.8, 4) is 23.0 Å². The van der Waals surface area contributed by atoms with Crippen molar-refractivity contribution < 1.29 is 9.94 Å². The number of hydrogen-bond acceptors (Lipinski definition) is 5. The van der Waals surface area contributed by atoms with Crippen molar-refractivity contribution in [2.24, 2.45) is 5.16 Å². The molecular formula is C31H33N3O2S. The second kappa shape index (κ2) is 9.41. The zero-order valence-corrected chi connectivity index (χ0v) is 23.2. The number of H-pyrrole nitrogens is 1. The Hall–Kier alpha value is -3.53. The van der Waals surface area contributed by atoms with E-state index in [4.69, 9.17) is 4.84 Å². The predicted molar refractivity (Wildman–Crippen MR) is 155 cm³/mol. The van der Waals surface area contributed by atoms with Gasteiger partial charge in [0.25, 0.3) is 0 Å². The van der Waals surface area contributed by atoms with E-state index in [9.17, 15) is 5.11 Å². The van der Waals surface area contributed by atoms with E-state index in [2.05, 4.69) is 78.5 Å². The van der Waals surface area contributed by atoms with Gasteiger partial charge in [-0.05, 0) is 68.8 Å². The van der Waals surface area contributed by atoms with Crippen molar-refractivity contribution in [3.63, 3.8) is 0 Å². The number of aromatic amines is 1. The van der Waals surface area contributed by atoms with Gasteiger partial charge in [0.05, 0.1) is 27.7 Å². The van der Waals surface area contributed by atoms with Crippen LogP contribution in [0.1, 0.15) is 66.3 Å². The molecule has 0 aliphatic carbocycles. The molecule has 2 aromatic carbocycles. The van der Waals surface area contributed by atoms with E-state index in [1.807, 2.05) is 32.2 Å². The van der Waals surface area contributed by atoms with Crippen LogP contribution in [0.2, 0.25) is 0 Å². The van der Waals surface area contributed by atoms with Crippen LogP contribution in [0.4, 0.5) is 5.69 Å². The van der Waals surface area contributed by atoms with E-state index in [0.29, 0.717) is 0 Å². The number of aliphatic hydroxyl groups excluding tert-OH is 1. The molecule has 5 nitrogen and oxygen atoms in total. The molecule has 4 aromatic rings. The molecule has 3 N–H and O–H groups in total. The van der Waals surface area contributed by atoms with Crippen LogP contribution in [0, 0.1) is 25.7 Å². The van der Waals surface area contributed by atoms with Gasteiger partial charge in [-0.15, -0.1) is 11.3 Å². The smallest absolute Gasteiger partial charge is 0.106 e. The van der Waals surface area contributed by atoms with Crippen LogP contribution in [0.3, 0.4) is 0 Å². The average molecular weight is 512 g/mol. The van der Waals surface area contributed by atoms with Gasteiger partial charge >= 0.3 is 0 Å². The fraction of sp³-hybridized carbons (Fsp3) is 0.323. The standard InChI is InChI=1S/C31H33N3O2S/c1-17-15-25(24-10-8-9-22-18(2)16-32-28(22)24)23(26-19(3)30(35)31(5,6)33-27(17)26)12-11-21-13-14-37-29(21)20(4)34-36-7/h8-10,13-16,19,30,32-33,35H,1-7H3/b34-20+/t19-,30+/m0/s1. The number of hydrogen-bond donors (Lipinski definition) is 3. The lowest BCUT2D eigenvalue weighted by atomic mass is 9.75. The summed E-state index contributed by atoms with van der Waals surface area (Å²) in [4.78, 5) is 9.48. The lowest BCUT2D eigenvalue weighted by molar-refractivity contribution is 0.0868. The first-order valence-corrected chi connectivity index (χ1v) is 13.4. The van der Waals surface area contributed by atoms with E-state index in [1.54, 1.807) is 18.4 Å². The van der Waals surface area contributed by atoms with Crippen molar-refractivity contribution in [1.29, 1.82) is 0 Å². The quantitative estimate of drug-likeness (QED) is 0.158. The van der Waals surface area contributed by atoms with E-state index < -0.39 is 11.6 Å². The third-order valence-corrected chi connectivity index (χ3v) is 8.46. The minimum Gasteiger partial charge on any atom is -0.399 e. The molecule has 0 unspecified atom stereocenters. The van der Waals surface area contributed by atoms with Gasteiger partial charge < -0.3 is 20.2 Å². The highest BCUT2D eigenvalue weighted by Gasteiger charge is 2.40. The summed E-state index contributed by atoms with van der Waals surface area (Å²) in [6.07, 6.45) is 1.49. The number of aryl methyl sites for hydroxylation is 2. The molecule has 0 radical (unpaired) electrons. The Bertz CT molecular complexity index is 1600. The van der Waals surface area contributed by atoms with Crippen LogP contribution in [0.15, 0.2) is 47.1 Å². The van der Waals surface area contributed by atoms with E-state index in [1.165, 1.54) is 10.9 Å². The summed E-state index contributed by atoms with van der Waals surface area (Å²) in [6.45, 7) is 12.4. The molecule has 5 rings (SSSR count). The molecule has 2 aromatic heterocycles. The zero-order valence-electron chi connectivity index (χ0n) is 22.4. The summed E-state index contributed by atoms with van der Waals surface area (Å²) in [5.41, 5.74) is 9.94. The number of aromatic nitrogens is 1. The lowest BCUT2D eigenvalue weighted by Crippen LogP contribution is -2.50. The van der Waals surface area contributed by atoms with Gasteiger partial charge in [0.2, 0.25) is 0 Å². The average Bonchev–Trinajstić information content (AvgIpc) is 3.49. The first kappa shape index (κ1) is 25.1. The van der Waals surface area contributed by atoms with Crippen LogP contribution in [0.25, 0.3) is 22.0 Å². The van der Waals surface area contributed by atoms with Gasteiger partial charge in [-0.2, -0.15) is 0 Å². The van der Waals surface area contributed by atoms with Gasteiger partial charge in [-0.3, -0.25) is 0 Å². The number of rotatable bonds is 3. The molecule has 6 heteroatoms. The molecule has 0 saturated heterocycles. The Morgan fingerprint density at radius 2 is 1.92 bits per heavy atom. The molecule has 1 aliphatic heterocycles. The minimum atomic E-state index is -0.563. The number of thiophene rings is 1. The number of para-hydroxylation sites is 1. The molecular weight excluding hydrogens is 478 g/mol. The molecule has 37 heavy (non-hydrogen) atoms. The summed E-state index contributed by atoms with van der Waals surface area (Å²) < 4.78 is 0. The van der Waals surface area contributed by atoms with Crippen LogP contribution >= 0.6 is 11.3 Å². The topological polar surface area (TPSA) is 69.6 Å². The third kappa shape index (κ3) is 4.22. The zero-order chi connectivity index (χ0) is 26.5. The summed E-state index contributed by atoms with van der Waals surface area (Å²) in [5, 5.41) is 22.3. The predicted octanol–water partition coefficient (Wildman–Crippen LogP) is 6.95. The Morgan fingerprint density at radius 3 is 2.68 bits per heavy atom. The first-order chi connectivity index (χ1) is 17.6. The minimum absolute atomic E-state index is 0.0995. The van der Waals surface area contributed by atoms with Gasteiger partial charge in [-0.1, -0.05) is 42.1 Å². The van der Waals surface area contributed by atoms with Gasteiger partial charge in [0, 0.05) is 45.4 Å². The van der Waals surface area contributed by atoms with E-state index in [0.717, 1.165) is 55.2 Å². The molecule has 0 fully saturated rings. The maximum absolute atomic E-state index is 11.3. The fourth-order valence-electron chi connectivity index (χ4n) is 5.51. The molecule has 0 spiro atoms. The van der Waals surface area contributed by atoms with Gasteiger partial charge in [0.15, 0.2) is 0 Å². The Labute approximate surface area is 222 Å². The molecule has 2 atom stereocenters. The summed E-state index contributed by atoms with van der Waals surface area (Å²) >= 11 is 1.60. The summed E-state index contributed by atoms with van der Waals surface area (Å²) in [6, 6.07) is 10.7. The highest BCUT2D eigenvalue weighted by Crippen LogP contribution is 2.46. The molecule has 1 aliphatic rings. The number of anilines is 1. The van der Waals surface area contributed by atoms with Crippen molar-refractivity contribution in [2.45, 2.75) is 59.1 Å². The fourth-order valence-corrected chi connectivity index (χ4v) is 6.30. The second-order valence-corrected chi connectivity index (χ2v) is 11.4. The van der Waals surface area contributed by atoms with Gasteiger partial charge in [0.1, 0.15) is 7.11 Å². The number of nitrogens with one attached hydrogen (secondary N) is 2. The van der Waals surface area contributed by atoms with Crippen LogP contribution in [-0.2, 0) is 4.84 Å². The molecule has 0 bridgehead atoms. The first-order valence-electron chi connectivity index (χ1n) is 12.5. The Balaban J connectivity index is 1.81. The SMILES string of the molecule is CO/N=C(\C)c1sccc1C#Cc1c(-c2cccc3c(C)c[nH]c23)cc(C)c2c1[C@H](C)[C@@H](O)C(C)(C)N2. The highest BCUT2D eigenvalue weighted by atomic mass is 32.1. The van der Waals surface area contributed by atoms with Crippen molar-refractivity contribution in [3.05, 3.63) is 74.6 Å². The number of oxime groups is 1. The van der Waals surface area contributed by atoms with Gasteiger partial charge in [-0.25, -0.2) is 0 Å². The maximum Gasteiger partial charge on any atom is 0.106 e. The number of nitrogens with zero attached hydrogens (tertiary/aromatic N) is 1. The molecule has 0 saturated carbocycles. The van der Waals surface area contributed by atoms with E-state index >= 15 is 0 Å². The second-order valence-electron chi connectivity index (χ2n) is 10.5. The largest absolute Gasteiger partial charge is 0.399 e. The lowest BCUT2D eigenvalue weighted by Gasteiger charge is -2.43. The Morgan fingerprint density at radius 1 is 1.14 bits per heavy atom. The van der Waals surface area contributed by atoms with Crippen LogP contribution < -0.4 is 5.32 Å². The third-order valence-electron chi connectivity index (χ3n) is 7.44. The maximum atomic E-state index is 11.3. The molecule has 190 valence electrons. The highest BCUT2D eigenvalue weighted by molar-refractivity contribution is 7.12. The van der Waals surface area contributed by atoms with Crippen molar-refractivity contribution in [2.75, 3.05) is 12.4 Å². The van der Waals surface area contributed by atoms with Crippen molar-refractivity contribution in [1.82, 2.24) is 4.98 Å². The normalized spacial score (nSPS) is 18.6. The summed E-state index contributed by atoms with van der Waals surface area (Å²) in [5.74, 6) is 6.90. The number of benzene rings is 2. The Kier molecular flexibility index (Phi) is 6.39. The monoisotopic (exact) mass is 511 g/mol. The van der Waals surface area contributed by atoms with Crippen molar-refractivity contribution >= 4 is 33.6 Å². The van der Waals surface area contributed by atoms with Crippen LogP contribution in [-0.4, -0.2) is 34.6 Å². The number of fused-ring (bicyclic) bond motifs is 2. The number of aliphatic hydroxyl groups is 1. The van der Waals surface area contributed by atoms with E-state index in [-0.39, 0.29) is 5.92 Å². The van der Waals surface area contributed by atoms with Crippen LogP contribution in [0.5, 0.6) is 0 Å². The molecule has 0 amide bonds. The summed E-state index contributed by atoms with van der Waals surface area (Å²) in [7, 11) is 1.55. The molecule has 3 heterocycles.